The fraction of sp³-hybridized carbons (Fsp3) is 0.778. The monoisotopic (exact) mass is 182 g/mol. The van der Waals surface area contributed by atoms with Crippen LogP contribution in [0.15, 0.2) is 6.33 Å². The molecular formula is C9H18N4. The molecule has 0 amide bonds. The van der Waals surface area contributed by atoms with E-state index in [0.717, 1.165) is 25.3 Å². The Balaban J connectivity index is 2.49. The van der Waals surface area contributed by atoms with E-state index in [0.29, 0.717) is 6.04 Å². The van der Waals surface area contributed by atoms with Crippen molar-refractivity contribution in [1.82, 2.24) is 20.1 Å². The van der Waals surface area contributed by atoms with Gasteiger partial charge in [-0.15, -0.1) is 0 Å². The van der Waals surface area contributed by atoms with Crippen LogP contribution in [0.4, 0.5) is 0 Å². The zero-order chi connectivity index (χ0) is 9.68. The maximum atomic E-state index is 4.20. The van der Waals surface area contributed by atoms with Gasteiger partial charge in [0, 0.05) is 12.6 Å². The van der Waals surface area contributed by atoms with Crippen molar-refractivity contribution in [3.05, 3.63) is 12.2 Å². The smallest absolute Gasteiger partial charge is 0.140 e. The van der Waals surface area contributed by atoms with Gasteiger partial charge in [-0.05, 0) is 6.42 Å². The summed E-state index contributed by atoms with van der Waals surface area (Å²) in [5.41, 5.74) is 0. The Morgan fingerprint density at radius 2 is 2.31 bits per heavy atom. The first-order chi connectivity index (χ1) is 6.24. The first-order valence-corrected chi connectivity index (χ1v) is 4.84. The molecule has 0 aliphatic carbocycles. The van der Waals surface area contributed by atoms with Crippen molar-refractivity contribution in [2.24, 2.45) is 0 Å². The molecule has 0 aliphatic heterocycles. The molecule has 1 aromatic heterocycles. The second-order valence-corrected chi connectivity index (χ2v) is 3.44. The highest BCUT2D eigenvalue weighted by molar-refractivity contribution is 4.83. The van der Waals surface area contributed by atoms with Crippen molar-refractivity contribution < 1.29 is 0 Å². The van der Waals surface area contributed by atoms with Gasteiger partial charge in [-0.2, -0.15) is 5.10 Å². The quantitative estimate of drug-likeness (QED) is 0.743. The van der Waals surface area contributed by atoms with Gasteiger partial charge in [-0.25, -0.2) is 9.67 Å². The SMILES string of the molecule is CCCn1ncnc1CNC(C)C. The van der Waals surface area contributed by atoms with E-state index < -0.39 is 0 Å². The lowest BCUT2D eigenvalue weighted by molar-refractivity contribution is 0.516. The Hall–Kier alpha value is -0.900. The third kappa shape index (κ3) is 3.14. The molecule has 74 valence electrons. The van der Waals surface area contributed by atoms with Crippen molar-refractivity contribution in [1.29, 1.82) is 0 Å². The molecule has 4 nitrogen and oxygen atoms in total. The van der Waals surface area contributed by atoms with E-state index in [1.54, 1.807) is 6.33 Å². The molecule has 0 atom stereocenters. The predicted octanol–water partition coefficient (Wildman–Crippen LogP) is 1.19. The molecule has 0 aliphatic rings. The average Bonchev–Trinajstić information content (AvgIpc) is 2.49. The molecule has 4 heteroatoms. The Bertz CT molecular complexity index is 242. The standard InChI is InChI=1S/C9H18N4/c1-4-5-13-9(11-7-12-13)6-10-8(2)3/h7-8,10H,4-6H2,1-3H3. The van der Waals surface area contributed by atoms with Gasteiger partial charge in [0.1, 0.15) is 12.2 Å². The number of aryl methyl sites for hydroxylation is 1. The van der Waals surface area contributed by atoms with Crippen molar-refractivity contribution in [2.45, 2.75) is 46.3 Å². The largest absolute Gasteiger partial charge is 0.308 e. The minimum atomic E-state index is 0.492. The lowest BCUT2D eigenvalue weighted by Crippen LogP contribution is -2.24. The number of aromatic nitrogens is 3. The van der Waals surface area contributed by atoms with Crippen molar-refractivity contribution in [3.8, 4) is 0 Å². The first-order valence-electron chi connectivity index (χ1n) is 4.84. The van der Waals surface area contributed by atoms with Crippen LogP contribution < -0.4 is 5.32 Å². The van der Waals surface area contributed by atoms with E-state index in [9.17, 15) is 0 Å². The Morgan fingerprint density at radius 1 is 1.54 bits per heavy atom. The van der Waals surface area contributed by atoms with Crippen LogP contribution in [0, 0.1) is 0 Å². The summed E-state index contributed by atoms with van der Waals surface area (Å²) in [6.45, 7) is 8.15. The molecule has 0 saturated heterocycles. The lowest BCUT2D eigenvalue weighted by atomic mass is 10.4. The molecule has 0 spiro atoms. The van der Waals surface area contributed by atoms with E-state index in [1.165, 1.54) is 0 Å². The average molecular weight is 182 g/mol. The normalized spacial score (nSPS) is 11.1. The Morgan fingerprint density at radius 3 is 2.92 bits per heavy atom. The van der Waals surface area contributed by atoms with E-state index in [1.807, 2.05) is 4.68 Å². The highest BCUT2D eigenvalue weighted by Gasteiger charge is 2.02. The van der Waals surface area contributed by atoms with Crippen LogP contribution in [0.1, 0.15) is 33.0 Å². The van der Waals surface area contributed by atoms with Gasteiger partial charge >= 0.3 is 0 Å². The molecule has 0 unspecified atom stereocenters. The highest BCUT2D eigenvalue weighted by atomic mass is 15.3. The number of rotatable bonds is 5. The zero-order valence-electron chi connectivity index (χ0n) is 8.62. The van der Waals surface area contributed by atoms with Crippen LogP contribution in [0.25, 0.3) is 0 Å². The van der Waals surface area contributed by atoms with Gasteiger partial charge in [0.25, 0.3) is 0 Å². The molecule has 13 heavy (non-hydrogen) atoms. The number of hydrogen-bond donors (Lipinski definition) is 1. The molecule has 1 rings (SSSR count). The minimum absolute atomic E-state index is 0.492. The van der Waals surface area contributed by atoms with Gasteiger partial charge in [0.15, 0.2) is 0 Å². The van der Waals surface area contributed by atoms with Gasteiger partial charge in [0.2, 0.25) is 0 Å². The predicted molar refractivity (Wildman–Crippen MR) is 52.3 cm³/mol. The van der Waals surface area contributed by atoms with E-state index in [2.05, 4.69) is 36.2 Å². The molecule has 0 bridgehead atoms. The summed E-state index contributed by atoms with van der Waals surface area (Å²) in [5, 5.41) is 7.47. The summed E-state index contributed by atoms with van der Waals surface area (Å²) < 4.78 is 1.95. The Kier molecular flexibility index (Phi) is 3.89. The van der Waals surface area contributed by atoms with Crippen molar-refractivity contribution >= 4 is 0 Å². The number of nitrogens with one attached hydrogen (secondary N) is 1. The topological polar surface area (TPSA) is 42.7 Å². The van der Waals surface area contributed by atoms with Crippen LogP contribution in [0.5, 0.6) is 0 Å². The van der Waals surface area contributed by atoms with E-state index in [-0.39, 0.29) is 0 Å². The second kappa shape index (κ2) is 4.97. The van der Waals surface area contributed by atoms with Crippen molar-refractivity contribution in [3.63, 3.8) is 0 Å². The van der Waals surface area contributed by atoms with E-state index >= 15 is 0 Å². The number of nitrogens with zero attached hydrogens (tertiary/aromatic N) is 3. The summed E-state index contributed by atoms with van der Waals surface area (Å²) in [6, 6.07) is 0.492. The summed E-state index contributed by atoms with van der Waals surface area (Å²) in [7, 11) is 0. The highest BCUT2D eigenvalue weighted by Crippen LogP contribution is 1.95. The lowest BCUT2D eigenvalue weighted by Gasteiger charge is -2.08. The van der Waals surface area contributed by atoms with Gasteiger partial charge in [-0.3, -0.25) is 0 Å². The molecule has 0 aromatic carbocycles. The first kappa shape index (κ1) is 10.2. The molecule has 0 fully saturated rings. The minimum Gasteiger partial charge on any atom is -0.308 e. The fourth-order valence-corrected chi connectivity index (χ4v) is 1.12. The zero-order valence-corrected chi connectivity index (χ0v) is 8.62. The van der Waals surface area contributed by atoms with Crippen molar-refractivity contribution in [2.75, 3.05) is 0 Å². The molecule has 1 aromatic rings. The van der Waals surface area contributed by atoms with Gasteiger partial charge in [-0.1, -0.05) is 20.8 Å². The van der Waals surface area contributed by atoms with Crippen LogP contribution in [-0.2, 0) is 13.1 Å². The molecule has 0 saturated carbocycles. The fourth-order valence-electron chi connectivity index (χ4n) is 1.12. The molecule has 1 heterocycles. The van der Waals surface area contributed by atoms with Gasteiger partial charge in [0.05, 0.1) is 6.54 Å². The maximum Gasteiger partial charge on any atom is 0.140 e. The third-order valence-electron chi connectivity index (χ3n) is 1.80. The van der Waals surface area contributed by atoms with Crippen LogP contribution >= 0.6 is 0 Å². The number of hydrogen-bond acceptors (Lipinski definition) is 3. The second-order valence-electron chi connectivity index (χ2n) is 3.44. The molecular weight excluding hydrogens is 164 g/mol. The summed E-state index contributed by atoms with van der Waals surface area (Å²) in [5.74, 6) is 1.02. The Labute approximate surface area is 79.4 Å². The summed E-state index contributed by atoms with van der Waals surface area (Å²) in [4.78, 5) is 4.20. The molecule has 0 radical (unpaired) electrons. The van der Waals surface area contributed by atoms with Crippen LogP contribution in [-0.4, -0.2) is 20.8 Å². The molecule has 1 N–H and O–H groups in total. The van der Waals surface area contributed by atoms with Gasteiger partial charge < -0.3 is 5.32 Å². The maximum absolute atomic E-state index is 4.20. The van der Waals surface area contributed by atoms with Crippen LogP contribution in [0.3, 0.4) is 0 Å². The summed E-state index contributed by atoms with van der Waals surface area (Å²) >= 11 is 0. The summed E-state index contributed by atoms with van der Waals surface area (Å²) in [6.07, 6.45) is 2.71. The van der Waals surface area contributed by atoms with E-state index in [4.69, 9.17) is 0 Å². The third-order valence-corrected chi connectivity index (χ3v) is 1.80. The van der Waals surface area contributed by atoms with Crippen LogP contribution in [0.2, 0.25) is 0 Å².